The van der Waals surface area contributed by atoms with Gasteiger partial charge in [0, 0.05) is 0 Å². The molecule has 94 valence electrons. The predicted octanol–water partition coefficient (Wildman–Crippen LogP) is 1.91. The number of esters is 1. The molecule has 1 aromatic carbocycles. The summed E-state index contributed by atoms with van der Waals surface area (Å²) >= 11 is 0. The van der Waals surface area contributed by atoms with Crippen LogP contribution in [0.2, 0.25) is 0 Å². The summed E-state index contributed by atoms with van der Waals surface area (Å²) in [5.74, 6) is -7.51. The summed E-state index contributed by atoms with van der Waals surface area (Å²) < 4.78 is 53.5. The number of carbonyl (C=O) groups is 1. The number of halogens is 3. The lowest BCUT2D eigenvalue weighted by Crippen LogP contribution is -2.12. The van der Waals surface area contributed by atoms with Crippen LogP contribution in [0.1, 0.15) is 10.4 Å². The largest absolute Gasteiger partial charge is 0.493 e. The molecule has 0 spiro atoms. The topological polar surface area (TPSA) is 44.8 Å². The minimum atomic E-state index is -1.62. The van der Waals surface area contributed by atoms with Gasteiger partial charge in [0.2, 0.25) is 11.6 Å². The Morgan fingerprint density at radius 1 is 0.882 bits per heavy atom. The number of ether oxygens (including phenoxy) is 3. The highest BCUT2D eigenvalue weighted by Crippen LogP contribution is 2.36. The number of hydrogen-bond donors (Lipinski definition) is 0. The molecule has 1 rings (SSSR count). The number of rotatable bonds is 3. The van der Waals surface area contributed by atoms with Crippen LogP contribution in [-0.2, 0) is 4.74 Å². The molecule has 4 nitrogen and oxygen atoms in total. The quantitative estimate of drug-likeness (QED) is 0.607. The van der Waals surface area contributed by atoms with Gasteiger partial charge in [0.05, 0.1) is 21.3 Å². The highest BCUT2D eigenvalue weighted by Gasteiger charge is 2.31. The van der Waals surface area contributed by atoms with E-state index < -0.39 is 40.5 Å². The first-order valence-corrected chi connectivity index (χ1v) is 4.36. The smallest absolute Gasteiger partial charge is 0.344 e. The van der Waals surface area contributed by atoms with Crippen LogP contribution in [-0.4, -0.2) is 27.3 Å². The Kier molecular flexibility index (Phi) is 3.82. The van der Waals surface area contributed by atoms with Crippen molar-refractivity contribution in [3.63, 3.8) is 0 Å². The molecular weight excluding hydrogens is 241 g/mol. The molecule has 0 radical (unpaired) electrons. The molecule has 0 aliphatic heterocycles. The normalized spacial score (nSPS) is 10.0. The van der Waals surface area contributed by atoms with E-state index in [-0.39, 0.29) is 0 Å². The summed E-state index contributed by atoms with van der Waals surface area (Å²) in [7, 11) is 2.90. The van der Waals surface area contributed by atoms with E-state index in [1.807, 2.05) is 0 Å². The summed E-state index contributed by atoms with van der Waals surface area (Å²) in [6.45, 7) is 0. The second kappa shape index (κ2) is 4.94. The molecule has 0 aliphatic rings. The SMILES string of the molecule is COC(=O)c1c(F)c(F)c(OC)c(F)c1OC. The third kappa shape index (κ3) is 2.00. The van der Waals surface area contributed by atoms with Crippen LogP contribution in [0.4, 0.5) is 13.2 Å². The zero-order chi connectivity index (χ0) is 13.2. The minimum absolute atomic E-state index is 0.771. The van der Waals surface area contributed by atoms with Gasteiger partial charge in [-0.25, -0.2) is 9.18 Å². The van der Waals surface area contributed by atoms with E-state index >= 15 is 0 Å². The van der Waals surface area contributed by atoms with E-state index in [1.54, 1.807) is 0 Å². The number of hydrogen-bond acceptors (Lipinski definition) is 4. The molecule has 7 heteroatoms. The Labute approximate surface area is 94.9 Å². The summed E-state index contributed by atoms with van der Waals surface area (Å²) in [6.07, 6.45) is 0. The van der Waals surface area contributed by atoms with Gasteiger partial charge < -0.3 is 14.2 Å². The fourth-order valence-electron chi connectivity index (χ4n) is 1.27. The van der Waals surface area contributed by atoms with E-state index in [0.717, 1.165) is 21.3 Å². The van der Waals surface area contributed by atoms with Gasteiger partial charge in [-0.15, -0.1) is 0 Å². The van der Waals surface area contributed by atoms with Crippen LogP contribution in [0.25, 0.3) is 0 Å². The Balaban J connectivity index is 3.65. The number of benzene rings is 1. The van der Waals surface area contributed by atoms with Gasteiger partial charge >= 0.3 is 5.97 Å². The highest BCUT2D eigenvalue weighted by molar-refractivity contribution is 5.93. The van der Waals surface area contributed by atoms with Crippen LogP contribution >= 0.6 is 0 Å². The lowest BCUT2D eigenvalue weighted by molar-refractivity contribution is 0.0588. The van der Waals surface area contributed by atoms with E-state index in [2.05, 4.69) is 14.2 Å². The second-order valence-corrected chi connectivity index (χ2v) is 2.88. The molecule has 17 heavy (non-hydrogen) atoms. The average Bonchev–Trinajstić information content (AvgIpc) is 2.33. The lowest BCUT2D eigenvalue weighted by atomic mass is 10.1. The third-order valence-electron chi connectivity index (χ3n) is 2.04. The van der Waals surface area contributed by atoms with Crippen LogP contribution in [0, 0.1) is 17.5 Å². The maximum Gasteiger partial charge on any atom is 0.344 e. The molecule has 1 aromatic rings. The monoisotopic (exact) mass is 250 g/mol. The fourth-order valence-corrected chi connectivity index (χ4v) is 1.27. The second-order valence-electron chi connectivity index (χ2n) is 2.88. The predicted molar refractivity (Wildman–Crippen MR) is 50.8 cm³/mol. The van der Waals surface area contributed by atoms with Gasteiger partial charge in [-0.2, -0.15) is 8.78 Å². The van der Waals surface area contributed by atoms with Crippen molar-refractivity contribution in [2.24, 2.45) is 0 Å². The molecule has 0 heterocycles. The zero-order valence-corrected chi connectivity index (χ0v) is 9.27. The molecule has 0 aromatic heterocycles. The first-order valence-electron chi connectivity index (χ1n) is 4.36. The Morgan fingerprint density at radius 2 is 1.41 bits per heavy atom. The van der Waals surface area contributed by atoms with Crippen molar-refractivity contribution in [3.05, 3.63) is 23.0 Å². The van der Waals surface area contributed by atoms with Crippen molar-refractivity contribution in [3.8, 4) is 11.5 Å². The molecule has 0 saturated carbocycles. The fraction of sp³-hybridized carbons (Fsp3) is 0.300. The molecule has 0 bridgehead atoms. The van der Waals surface area contributed by atoms with Gasteiger partial charge in [-0.05, 0) is 0 Å². The van der Waals surface area contributed by atoms with Gasteiger partial charge in [0.1, 0.15) is 5.56 Å². The zero-order valence-electron chi connectivity index (χ0n) is 9.27. The lowest BCUT2D eigenvalue weighted by Gasteiger charge is -2.12. The highest BCUT2D eigenvalue weighted by atomic mass is 19.2. The number of carbonyl (C=O) groups excluding carboxylic acids is 1. The average molecular weight is 250 g/mol. The molecule has 0 atom stereocenters. The molecule has 0 saturated heterocycles. The van der Waals surface area contributed by atoms with Crippen LogP contribution in [0.5, 0.6) is 11.5 Å². The first-order chi connectivity index (χ1) is 7.99. The summed E-state index contributed by atoms with van der Waals surface area (Å²) in [4.78, 5) is 11.2. The summed E-state index contributed by atoms with van der Waals surface area (Å²) in [5.41, 5.74) is -0.953. The van der Waals surface area contributed by atoms with E-state index in [9.17, 15) is 18.0 Å². The first kappa shape index (κ1) is 13.1. The van der Waals surface area contributed by atoms with Crippen molar-refractivity contribution in [2.45, 2.75) is 0 Å². The molecule has 0 fully saturated rings. The maximum absolute atomic E-state index is 13.6. The Bertz CT molecular complexity index is 460. The summed E-state index contributed by atoms with van der Waals surface area (Å²) in [5, 5.41) is 0. The molecule has 0 N–H and O–H groups in total. The van der Waals surface area contributed by atoms with Crippen molar-refractivity contribution in [1.29, 1.82) is 0 Å². The Hall–Kier alpha value is -1.92. The van der Waals surface area contributed by atoms with Gasteiger partial charge in [0.15, 0.2) is 17.3 Å². The van der Waals surface area contributed by atoms with E-state index in [4.69, 9.17) is 0 Å². The van der Waals surface area contributed by atoms with Crippen molar-refractivity contribution in [2.75, 3.05) is 21.3 Å². The van der Waals surface area contributed by atoms with Crippen LogP contribution in [0.15, 0.2) is 0 Å². The van der Waals surface area contributed by atoms with Crippen LogP contribution < -0.4 is 9.47 Å². The summed E-state index contributed by atoms with van der Waals surface area (Å²) in [6, 6.07) is 0. The van der Waals surface area contributed by atoms with E-state index in [1.165, 1.54) is 0 Å². The minimum Gasteiger partial charge on any atom is -0.493 e. The Morgan fingerprint density at radius 3 is 1.82 bits per heavy atom. The molecular formula is C10H9F3O4. The van der Waals surface area contributed by atoms with Crippen molar-refractivity contribution < 1.29 is 32.2 Å². The molecule has 0 amide bonds. The van der Waals surface area contributed by atoms with Gasteiger partial charge in [-0.1, -0.05) is 0 Å². The van der Waals surface area contributed by atoms with E-state index in [0.29, 0.717) is 0 Å². The van der Waals surface area contributed by atoms with Crippen molar-refractivity contribution >= 4 is 5.97 Å². The molecule has 0 unspecified atom stereocenters. The van der Waals surface area contributed by atoms with Gasteiger partial charge in [0.25, 0.3) is 0 Å². The molecule has 0 aliphatic carbocycles. The third-order valence-corrected chi connectivity index (χ3v) is 2.04. The standard InChI is InChI=1S/C10H9F3O4/c1-15-8-4(10(14)17-3)5(11)6(12)9(16-2)7(8)13/h1-3H3. The van der Waals surface area contributed by atoms with Gasteiger partial charge in [-0.3, -0.25) is 0 Å². The van der Waals surface area contributed by atoms with Crippen molar-refractivity contribution in [1.82, 2.24) is 0 Å². The van der Waals surface area contributed by atoms with Crippen LogP contribution in [0.3, 0.4) is 0 Å². The maximum atomic E-state index is 13.6. The number of methoxy groups -OCH3 is 3.